The second kappa shape index (κ2) is 6.01. The van der Waals surface area contributed by atoms with Gasteiger partial charge >= 0.3 is 5.97 Å². The molecule has 4 N–H and O–H groups in total. The number of fused-ring (bicyclic) bond motifs is 1. The Morgan fingerprint density at radius 1 is 1.62 bits per heavy atom. The highest BCUT2D eigenvalue weighted by Gasteiger charge is 2.51. The monoisotopic (exact) mass is 348 g/mol. The van der Waals surface area contributed by atoms with Crippen LogP contribution in [0.1, 0.15) is 6.92 Å². The second-order valence-electron chi connectivity index (χ2n) is 4.91. The molecule has 3 rings (SSSR count). The van der Waals surface area contributed by atoms with Crippen LogP contribution in [-0.4, -0.2) is 60.6 Å². The molecule has 3 atom stereocenters. The second-order valence-corrected chi connectivity index (χ2v) is 8.59. The number of thioether (sulfide) groups is 1. The van der Waals surface area contributed by atoms with Gasteiger partial charge in [-0.15, -0.1) is 11.8 Å². The van der Waals surface area contributed by atoms with Crippen molar-refractivity contribution in [2.45, 2.75) is 23.7 Å². The van der Waals surface area contributed by atoms with Crippen LogP contribution in [0, 0.1) is 0 Å². The predicted molar refractivity (Wildman–Crippen MR) is 85.1 cm³/mol. The van der Waals surface area contributed by atoms with Gasteiger partial charge < -0.3 is 10.8 Å². The molecular weight excluding hydrogens is 332 g/mol. The maximum absolute atomic E-state index is 11.8. The van der Waals surface area contributed by atoms with Crippen molar-refractivity contribution in [3.63, 3.8) is 0 Å². The molecule has 0 aromatic rings. The van der Waals surface area contributed by atoms with E-state index in [1.54, 1.807) is 35.7 Å². The number of nitrogens with two attached hydrogens (primary N) is 1. The Labute approximate surface area is 135 Å². The van der Waals surface area contributed by atoms with E-state index in [2.05, 4.69) is 16.0 Å². The quantitative estimate of drug-likeness (QED) is 0.481. The summed E-state index contributed by atoms with van der Waals surface area (Å²) in [5, 5.41) is 12.9. The van der Waals surface area contributed by atoms with Crippen molar-refractivity contribution in [2.24, 2.45) is 5.73 Å². The zero-order chi connectivity index (χ0) is 15.1. The van der Waals surface area contributed by atoms with E-state index in [4.69, 9.17) is 5.73 Å². The van der Waals surface area contributed by atoms with Crippen LogP contribution in [0.4, 0.5) is 0 Å². The topological polar surface area (TPSA) is 98.9 Å². The summed E-state index contributed by atoms with van der Waals surface area (Å²) in [7, 11) is 0. The fourth-order valence-corrected chi connectivity index (χ4v) is 5.94. The highest BCUT2D eigenvalue weighted by Crippen LogP contribution is 2.41. The van der Waals surface area contributed by atoms with Gasteiger partial charge in [0.1, 0.15) is 17.1 Å². The molecule has 0 bridgehead atoms. The smallest absolute Gasteiger partial charge is 0.352 e. The van der Waals surface area contributed by atoms with Crippen LogP contribution >= 0.6 is 35.7 Å². The van der Waals surface area contributed by atoms with E-state index in [0.717, 1.165) is 12.2 Å². The molecule has 2 fully saturated rings. The standard InChI is InChI=1S/C11H16N4O3S3/c1-5-13-4-14(21-5)20-3-6-2-19-10-7(12)9(16)15(10)8(6)11(17)18/h5,7,10,13H,2-4,12H2,1H3,(H,17,18)/t5?,7?,10-/m1/s1. The van der Waals surface area contributed by atoms with E-state index in [0.29, 0.717) is 16.9 Å². The maximum atomic E-state index is 11.8. The average Bonchev–Trinajstić information content (AvgIpc) is 2.88. The van der Waals surface area contributed by atoms with Crippen LogP contribution in [0.5, 0.6) is 0 Å². The van der Waals surface area contributed by atoms with Crippen LogP contribution in [0.15, 0.2) is 11.3 Å². The maximum Gasteiger partial charge on any atom is 0.352 e. The Morgan fingerprint density at radius 2 is 2.38 bits per heavy atom. The number of aliphatic carboxylic acids is 1. The van der Waals surface area contributed by atoms with E-state index in [1.807, 2.05) is 0 Å². The number of hydrogen-bond donors (Lipinski definition) is 3. The number of nitrogens with one attached hydrogen (secondary N) is 1. The number of hydrogen-bond acceptors (Lipinski definition) is 8. The third-order valence-electron chi connectivity index (χ3n) is 3.46. The molecule has 0 aliphatic carbocycles. The Hall–Kier alpha value is -0.390. The number of carbonyl (C=O) groups is 2. The zero-order valence-electron chi connectivity index (χ0n) is 11.3. The lowest BCUT2D eigenvalue weighted by Gasteiger charge is -2.48. The van der Waals surface area contributed by atoms with E-state index in [9.17, 15) is 14.7 Å². The average molecular weight is 348 g/mol. The predicted octanol–water partition coefficient (Wildman–Crippen LogP) is 0.0726. The minimum Gasteiger partial charge on any atom is -0.477 e. The fraction of sp³-hybridized carbons (Fsp3) is 0.636. The third kappa shape index (κ3) is 2.80. The lowest BCUT2D eigenvalue weighted by atomic mass is 10.0. The number of nitrogens with zero attached hydrogens (tertiary/aromatic N) is 2. The number of β-lactam (4-membered cyclic amide) rings is 1. The molecule has 0 spiro atoms. The van der Waals surface area contributed by atoms with Crippen LogP contribution in [0.3, 0.4) is 0 Å². The van der Waals surface area contributed by atoms with Gasteiger partial charge in [-0.1, -0.05) is 11.9 Å². The molecule has 0 saturated carbocycles. The molecule has 7 nitrogen and oxygen atoms in total. The van der Waals surface area contributed by atoms with Gasteiger partial charge in [0, 0.05) is 11.5 Å². The highest BCUT2D eigenvalue weighted by atomic mass is 32.2. The first-order valence-corrected chi connectivity index (χ1v) is 9.28. The minimum absolute atomic E-state index is 0.128. The summed E-state index contributed by atoms with van der Waals surface area (Å²) in [4.78, 5) is 24.7. The molecule has 0 aromatic carbocycles. The molecule has 3 aliphatic rings. The molecule has 3 aliphatic heterocycles. The molecule has 1 amide bonds. The normalized spacial score (nSPS) is 33.1. The molecule has 2 saturated heterocycles. The number of carboxylic acids is 1. The summed E-state index contributed by atoms with van der Waals surface area (Å²) in [6.45, 7) is 2.84. The van der Waals surface area contributed by atoms with E-state index >= 15 is 0 Å². The largest absolute Gasteiger partial charge is 0.477 e. The number of rotatable bonds is 4. The summed E-state index contributed by atoms with van der Waals surface area (Å²) < 4.78 is 2.09. The van der Waals surface area contributed by atoms with Crippen molar-refractivity contribution < 1.29 is 14.7 Å². The van der Waals surface area contributed by atoms with E-state index < -0.39 is 12.0 Å². The Kier molecular flexibility index (Phi) is 4.44. The van der Waals surface area contributed by atoms with Gasteiger partial charge in [0.15, 0.2) is 0 Å². The van der Waals surface area contributed by atoms with Crippen molar-refractivity contribution in [1.82, 2.24) is 13.9 Å². The zero-order valence-corrected chi connectivity index (χ0v) is 13.8. The lowest BCUT2D eigenvalue weighted by Crippen LogP contribution is -2.68. The summed E-state index contributed by atoms with van der Waals surface area (Å²) in [5.74, 6) is -0.158. The Morgan fingerprint density at radius 3 is 3.00 bits per heavy atom. The van der Waals surface area contributed by atoms with Gasteiger partial charge in [-0.25, -0.2) is 4.79 Å². The lowest BCUT2D eigenvalue weighted by molar-refractivity contribution is -0.147. The fourth-order valence-electron chi connectivity index (χ4n) is 2.37. The third-order valence-corrected chi connectivity index (χ3v) is 7.13. The van der Waals surface area contributed by atoms with Gasteiger partial charge in [0.25, 0.3) is 0 Å². The van der Waals surface area contributed by atoms with Crippen LogP contribution in [-0.2, 0) is 9.59 Å². The van der Waals surface area contributed by atoms with E-state index in [1.165, 1.54) is 4.90 Å². The Balaban J connectivity index is 1.72. The molecule has 0 aromatic heterocycles. The highest BCUT2D eigenvalue weighted by molar-refractivity contribution is 8.12. The van der Waals surface area contributed by atoms with Crippen molar-refractivity contribution in [3.05, 3.63) is 11.3 Å². The molecule has 10 heteroatoms. The molecule has 2 unspecified atom stereocenters. The first kappa shape index (κ1) is 15.5. The molecular formula is C11H16N4O3S3. The SMILES string of the molecule is CC1NCN(SCC2=C(C(=O)O)N3C(=O)C(N)[C@H]3SC2)S1. The number of carbonyl (C=O) groups excluding carboxylic acids is 1. The van der Waals surface area contributed by atoms with Gasteiger partial charge in [0.2, 0.25) is 5.91 Å². The van der Waals surface area contributed by atoms with Gasteiger partial charge in [-0.05, 0) is 24.4 Å². The van der Waals surface area contributed by atoms with Crippen molar-refractivity contribution in [2.75, 3.05) is 18.2 Å². The minimum atomic E-state index is -1.04. The number of amides is 1. The molecule has 0 radical (unpaired) electrons. The van der Waals surface area contributed by atoms with Gasteiger partial charge in [0.05, 0.1) is 12.0 Å². The summed E-state index contributed by atoms with van der Waals surface area (Å²) in [6.07, 6.45) is 0. The van der Waals surface area contributed by atoms with Crippen molar-refractivity contribution in [1.29, 1.82) is 0 Å². The van der Waals surface area contributed by atoms with Crippen molar-refractivity contribution >= 4 is 47.5 Å². The van der Waals surface area contributed by atoms with Crippen LogP contribution in [0.25, 0.3) is 0 Å². The first-order chi connectivity index (χ1) is 9.99. The molecule has 21 heavy (non-hydrogen) atoms. The Bertz CT molecular complexity index is 515. The summed E-state index contributed by atoms with van der Waals surface area (Å²) >= 11 is 4.80. The first-order valence-electron chi connectivity index (χ1n) is 6.45. The van der Waals surface area contributed by atoms with Crippen LogP contribution < -0.4 is 11.1 Å². The van der Waals surface area contributed by atoms with Gasteiger partial charge in [-0.2, -0.15) is 3.71 Å². The molecule has 3 heterocycles. The van der Waals surface area contributed by atoms with Crippen molar-refractivity contribution in [3.8, 4) is 0 Å². The van der Waals surface area contributed by atoms with Gasteiger partial charge in [-0.3, -0.25) is 15.0 Å². The molecule has 116 valence electrons. The summed E-state index contributed by atoms with van der Waals surface area (Å²) in [6, 6.07) is -0.572. The van der Waals surface area contributed by atoms with Crippen LogP contribution in [0.2, 0.25) is 0 Å². The van der Waals surface area contributed by atoms with E-state index in [-0.39, 0.29) is 17.0 Å². The summed E-state index contributed by atoms with van der Waals surface area (Å²) in [5.41, 5.74) is 6.63. The number of carboxylic acid groups (broad SMARTS) is 1.